The van der Waals surface area contributed by atoms with Gasteiger partial charge in [0.05, 0.1) is 23.8 Å². The van der Waals surface area contributed by atoms with Gasteiger partial charge >= 0.3 is 6.18 Å². The number of benzene rings is 2. The highest BCUT2D eigenvalue weighted by Crippen LogP contribution is 2.35. The molecule has 3 nitrogen and oxygen atoms in total. The van der Waals surface area contributed by atoms with Gasteiger partial charge in [0.25, 0.3) is 0 Å². The maximum absolute atomic E-state index is 13.1. The van der Waals surface area contributed by atoms with Crippen LogP contribution in [0.4, 0.5) is 13.2 Å². The minimum atomic E-state index is -4.37. The molecule has 1 saturated heterocycles. The summed E-state index contributed by atoms with van der Waals surface area (Å²) in [7, 11) is 1.84. The Bertz CT molecular complexity index is 1070. The van der Waals surface area contributed by atoms with E-state index in [0.29, 0.717) is 41.6 Å². The Morgan fingerprint density at radius 3 is 2.47 bits per heavy atom. The standard InChI is InChI=1S/C22H21Cl2F3N2O/c1-28-17(11-15-10-16(22(25,26)27)3-5-20(15)28)12-18-19(23)4-2-14(21(18)24)13-29-6-8-30-9-7-29/h2-5,10-11H,6-9,12-13H2,1H3. The molecule has 0 unspecified atom stereocenters. The predicted molar refractivity (Wildman–Crippen MR) is 113 cm³/mol. The van der Waals surface area contributed by atoms with Gasteiger partial charge in [0, 0.05) is 54.7 Å². The number of ether oxygens (including phenoxy) is 1. The number of aryl methyl sites for hydroxylation is 1. The van der Waals surface area contributed by atoms with Crippen molar-refractivity contribution >= 4 is 34.1 Å². The third-order valence-corrected chi connectivity index (χ3v) is 6.42. The number of nitrogens with zero attached hydrogens (tertiary/aromatic N) is 2. The van der Waals surface area contributed by atoms with Gasteiger partial charge in [0.15, 0.2) is 0 Å². The number of hydrogen-bond donors (Lipinski definition) is 0. The van der Waals surface area contributed by atoms with Crippen LogP contribution in [0.5, 0.6) is 0 Å². The molecule has 160 valence electrons. The Hall–Kier alpha value is -1.73. The van der Waals surface area contributed by atoms with E-state index in [0.717, 1.165) is 41.5 Å². The molecule has 1 aliphatic rings. The smallest absolute Gasteiger partial charge is 0.379 e. The van der Waals surface area contributed by atoms with Crippen molar-refractivity contribution in [1.82, 2.24) is 9.47 Å². The van der Waals surface area contributed by atoms with Crippen LogP contribution in [0.25, 0.3) is 10.9 Å². The first-order valence-electron chi connectivity index (χ1n) is 9.65. The van der Waals surface area contributed by atoms with Gasteiger partial charge in [-0.3, -0.25) is 4.90 Å². The van der Waals surface area contributed by atoms with Crippen LogP contribution in [0.1, 0.15) is 22.4 Å². The quantitative estimate of drug-likeness (QED) is 0.484. The van der Waals surface area contributed by atoms with Crippen LogP contribution in [0, 0.1) is 0 Å². The Morgan fingerprint density at radius 2 is 1.77 bits per heavy atom. The summed E-state index contributed by atoms with van der Waals surface area (Å²) in [5, 5.41) is 1.70. The highest BCUT2D eigenvalue weighted by Gasteiger charge is 2.30. The zero-order valence-electron chi connectivity index (χ0n) is 16.4. The molecule has 1 aliphatic heterocycles. The molecule has 0 amide bonds. The average Bonchev–Trinajstić information content (AvgIpc) is 3.02. The van der Waals surface area contributed by atoms with Gasteiger partial charge in [0.2, 0.25) is 0 Å². The van der Waals surface area contributed by atoms with E-state index >= 15 is 0 Å². The molecular weight excluding hydrogens is 436 g/mol. The van der Waals surface area contributed by atoms with E-state index in [1.807, 2.05) is 23.7 Å². The number of morpholine rings is 1. The normalized spacial score (nSPS) is 15.8. The number of halogens is 5. The number of hydrogen-bond acceptors (Lipinski definition) is 2. The van der Waals surface area contributed by atoms with Crippen molar-refractivity contribution in [2.75, 3.05) is 26.3 Å². The molecule has 2 aromatic carbocycles. The lowest BCUT2D eigenvalue weighted by Gasteiger charge is -2.27. The Kier molecular flexibility index (Phi) is 6.04. The van der Waals surface area contributed by atoms with Crippen LogP contribution in [0.3, 0.4) is 0 Å². The lowest BCUT2D eigenvalue weighted by molar-refractivity contribution is -0.137. The largest absolute Gasteiger partial charge is 0.416 e. The van der Waals surface area contributed by atoms with Crippen LogP contribution < -0.4 is 0 Å². The molecule has 30 heavy (non-hydrogen) atoms. The minimum absolute atomic E-state index is 0.432. The Morgan fingerprint density at radius 1 is 1.03 bits per heavy atom. The summed E-state index contributed by atoms with van der Waals surface area (Å²) in [6.07, 6.45) is -3.94. The minimum Gasteiger partial charge on any atom is -0.379 e. The summed E-state index contributed by atoms with van der Waals surface area (Å²) in [5.41, 5.74) is 2.68. The van der Waals surface area contributed by atoms with Gasteiger partial charge in [-0.1, -0.05) is 29.3 Å². The predicted octanol–water partition coefficient (Wildman–Crippen LogP) is 5.93. The van der Waals surface area contributed by atoms with Crippen molar-refractivity contribution in [3.8, 4) is 0 Å². The second-order valence-electron chi connectivity index (χ2n) is 7.53. The van der Waals surface area contributed by atoms with E-state index in [9.17, 15) is 13.2 Å². The third kappa shape index (κ3) is 4.33. The Balaban J connectivity index is 1.65. The van der Waals surface area contributed by atoms with E-state index in [-0.39, 0.29) is 0 Å². The fraction of sp³-hybridized carbons (Fsp3) is 0.364. The average molecular weight is 457 g/mol. The summed E-state index contributed by atoms with van der Waals surface area (Å²) < 4.78 is 46.5. The van der Waals surface area contributed by atoms with Crippen LogP contribution >= 0.6 is 23.2 Å². The molecule has 0 atom stereocenters. The monoisotopic (exact) mass is 456 g/mol. The summed E-state index contributed by atoms with van der Waals surface area (Å²) >= 11 is 13.2. The molecule has 3 aromatic rings. The van der Waals surface area contributed by atoms with Gasteiger partial charge in [0.1, 0.15) is 0 Å². The highest BCUT2D eigenvalue weighted by molar-refractivity contribution is 6.36. The number of fused-ring (bicyclic) bond motifs is 1. The summed E-state index contributed by atoms with van der Waals surface area (Å²) in [5.74, 6) is 0. The molecule has 0 saturated carbocycles. The highest BCUT2D eigenvalue weighted by atomic mass is 35.5. The molecule has 1 aromatic heterocycles. The molecule has 0 spiro atoms. The van der Waals surface area contributed by atoms with Gasteiger partial charge < -0.3 is 9.30 Å². The number of rotatable bonds is 4. The van der Waals surface area contributed by atoms with E-state index in [1.165, 1.54) is 12.1 Å². The first kappa shape index (κ1) is 21.5. The van der Waals surface area contributed by atoms with Crippen molar-refractivity contribution < 1.29 is 17.9 Å². The van der Waals surface area contributed by atoms with Crippen molar-refractivity contribution in [1.29, 1.82) is 0 Å². The third-order valence-electron chi connectivity index (χ3n) is 5.59. The molecule has 4 rings (SSSR count). The SMILES string of the molecule is Cn1c(Cc2c(Cl)ccc(CN3CCOCC3)c2Cl)cc2cc(C(F)(F)F)ccc21. The number of aromatic nitrogens is 1. The van der Waals surface area contributed by atoms with Crippen LogP contribution in [0.15, 0.2) is 36.4 Å². The first-order valence-corrected chi connectivity index (χ1v) is 10.4. The molecule has 0 N–H and O–H groups in total. The fourth-order valence-corrected chi connectivity index (χ4v) is 4.43. The van der Waals surface area contributed by atoms with E-state index in [1.54, 1.807) is 6.07 Å². The lowest BCUT2D eigenvalue weighted by atomic mass is 10.0. The summed E-state index contributed by atoms with van der Waals surface area (Å²) in [6, 6.07) is 9.32. The van der Waals surface area contributed by atoms with E-state index in [2.05, 4.69) is 4.90 Å². The molecular formula is C22H21Cl2F3N2O. The van der Waals surface area contributed by atoms with Gasteiger partial charge in [-0.15, -0.1) is 0 Å². The molecule has 8 heteroatoms. The van der Waals surface area contributed by atoms with Crippen molar-refractivity contribution in [2.45, 2.75) is 19.1 Å². The van der Waals surface area contributed by atoms with Crippen molar-refractivity contribution in [3.63, 3.8) is 0 Å². The van der Waals surface area contributed by atoms with Gasteiger partial charge in [-0.2, -0.15) is 13.2 Å². The van der Waals surface area contributed by atoms with Crippen molar-refractivity contribution in [2.24, 2.45) is 7.05 Å². The van der Waals surface area contributed by atoms with Crippen molar-refractivity contribution in [3.05, 3.63) is 68.8 Å². The maximum Gasteiger partial charge on any atom is 0.416 e. The fourth-order valence-electron chi connectivity index (χ4n) is 3.86. The van der Waals surface area contributed by atoms with E-state index < -0.39 is 11.7 Å². The maximum atomic E-state index is 13.1. The van der Waals surface area contributed by atoms with Crippen LogP contribution in [0.2, 0.25) is 10.0 Å². The van der Waals surface area contributed by atoms with Crippen LogP contribution in [-0.2, 0) is 30.9 Å². The molecule has 0 bridgehead atoms. The van der Waals surface area contributed by atoms with Crippen LogP contribution in [-0.4, -0.2) is 35.8 Å². The van der Waals surface area contributed by atoms with E-state index in [4.69, 9.17) is 27.9 Å². The number of alkyl halides is 3. The first-order chi connectivity index (χ1) is 14.2. The second-order valence-corrected chi connectivity index (χ2v) is 8.32. The summed E-state index contributed by atoms with van der Waals surface area (Å²) in [4.78, 5) is 2.28. The van der Waals surface area contributed by atoms with Gasteiger partial charge in [-0.25, -0.2) is 0 Å². The zero-order valence-corrected chi connectivity index (χ0v) is 17.9. The Labute approximate surface area is 182 Å². The zero-order chi connectivity index (χ0) is 21.5. The topological polar surface area (TPSA) is 17.4 Å². The van der Waals surface area contributed by atoms with Gasteiger partial charge in [-0.05, 0) is 41.5 Å². The second kappa shape index (κ2) is 8.42. The molecule has 2 heterocycles. The molecule has 0 aliphatic carbocycles. The summed E-state index contributed by atoms with van der Waals surface area (Å²) in [6.45, 7) is 3.80. The molecule has 1 fully saturated rings. The molecule has 0 radical (unpaired) electrons. The lowest BCUT2D eigenvalue weighted by Crippen LogP contribution is -2.35.